The van der Waals surface area contributed by atoms with E-state index in [1.807, 2.05) is 37.3 Å². The van der Waals surface area contributed by atoms with Gasteiger partial charge in [0.15, 0.2) is 5.58 Å². The van der Waals surface area contributed by atoms with E-state index in [2.05, 4.69) is 10.3 Å². The minimum atomic E-state index is -0.336. The molecule has 0 atom stereocenters. The maximum absolute atomic E-state index is 12.6. The van der Waals surface area contributed by atoms with E-state index < -0.39 is 0 Å². The molecule has 134 valence electrons. The summed E-state index contributed by atoms with van der Waals surface area (Å²) in [5.74, 6) is 0.119. The average molecular weight is 397 g/mol. The van der Waals surface area contributed by atoms with Gasteiger partial charge in [-0.05, 0) is 55.0 Å². The number of aryl methyl sites for hydroxylation is 1. The van der Waals surface area contributed by atoms with Crippen LogP contribution in [0.15, 0.2) is 65.1 Å². The monoisotopic (exact) mass is 396 g/mol. The van der Waals surface area contributed by atoms with E-state index in [-0.39, 0.29) is 5.91 Å². The highest BCUT2D eigenvalue weighted by Gasteiger charge is 2.15. The molecule has 1 heterocycles. The Morgan fingerprint density at radius 1 is 1.00 bits per heavy atom. The van der Waals surface area contributed by atoms with Crippen molar-refractivity contribution in [2.75, 3.05) is 5.32 Å². The normalized spacial score (nSPS) is 10.9. The van der Waals surface area contributed by atoms with Crippen LogP contribution in [0.4, 0.5) is 5.69 Å². The summed E-state index contributed by atoms with van der Waals surface area (Å²) in [6, 6.07) is 18.0. The number of nitrogens with zero attached hydrogens (tertiary/aromatic N) is 1. The molecular formula is C21H14Cl2N2O2. The summed E-state index contributed by atoms with van der Waals surface area (Å²) in [6.07, 6.45) is 0. The van der Waals surface area contributed by atoms with Crippen molar-refractivity contribution in [3.63, 3.8) is 0 Å². The molecular weight excluding hydrogens is 383 g/mol. The van der Waals surface area contributed by atoms with Crippen molar-refractivity contribution in [3.8, 4) is 11.5 Å². The second kappa shape index (κ2) is 7.06. The molecule has 1 amide bonds. The molecule has 3 aromatic carbocycles. The highest BCUT2D eigenvalue weighted by Crippen LogP contribution is 2.31. The number of carbonyl (C=O) groups excluding carboxylic acids is 1. The minimum absolute atomic E-state index is 0.336. The third-order valence-corrected chi connectivity index (χ3v) is 4.77. The number of fused-ring (bicyclic) bond motifs is 1. The van der Waals surface area contributed by atoms with Gasteiger partial charge in [0.25, 0.3) is 5.91 Å². The number of anilines is 1. The molecule has 27 heavy (non-hydrogen) atoms. The fourth-order valence-electron chi connectivity index (χ4n) is 2.74. The molecule has 0 aliphatic carbocycles. The van der Waals surface area contributed by atoms with E-state index in [1.165, 1.54) is 0 Å². The Labute approximate surface area is 165 Å². The second-order valence-corrected chi connectivity index (χ2v) is 6.93. The summed E-state index contributed by atoms with van der Waals surface area (Å²) >= 11 is 12.4. The van der Waals surface area contributed by atoms with E-state index in [1.54, 1.807) is 30.3 Å². The van der Waals surface area contributed by atoms with Gasteiger partial charge in [-0.15, -0.1) is 0 Å². The van der Waals surface area contributed by atoms with Crippen LogP contribution in [0, 0.1) is 6.92 Å². The molecule has 0 fully saturated rings. The first-order chi connectivity index (χ1) is 13.0. The van der Waals surface area contributed by atoms with Crippen molar-refractivity contribution in [1.82, 2.24) is 4.98 Å². The Balaban J connectivity index is 1.67. The van der Waals surface area contributed by atoms with Crippen LogP contribution in [0.3, 0.4) is 0 Å². The third kappa shape index (κ3) is 3.54. The average Bonchev–Trinajstić information content (AvgIpc) is 3.07. The number of oxazole rings is 1. The predicted octanol–water partition coefficient (Wildman–Crippen LogP) is 6.36. The van der Waals surface area contributed by atoms with E-state index in [4.69, 9.17) is 27.6 Å². The zero-order valence-corrected chi connectivity index (χ0v) is 15.8. The van der Waals surface area contributed by atoms with Gasteiger partial charge in [0.2, 0.25) is 5.89 Å². The molecule has 1 aromatic heterocycles. The molecule has 4 nitrogen and oxygen atoms in total. The van der Waals surface area contributed by atoms with Gasteiger partial charge in [-0.2, -0.15) is 0 Å². The fourth-order valence-corrected chi connectivity index (χ4v) is 3.23. The molecule has 0 aliphatic heterocycles. The summed E-state index contributed by atoms with van der Waals surface area (Å²) in [5.41, 5.74) is 3.98. The predicted molar refractivity (Wildman–Crippen MR) is 109 cm³/mol. The van der Waals surface area contributed by atoms with Crippen molar-refractivity contribution < 1.29 is 9.21 Å². The van der Waals surface area contributed by atoms with Crippen molar-refractivity contribution in [3.05, 3.63) is 81.8 Å². The molecule has 4 aromatic rings. The largest absolute Gasteiger partial charge is 0.436 e. The summed E-state index contributed by atoms with van der Waals surface area (Å²) in [4.78, 5) is 17.1. The zero-order chi connectivity index (χ0) is 19.0. The first kappa shape index (κ1) is 17.6. The van der Waals surface area contributed by atoms with Crippen LogP contribution >= 0.6 is 23.2 Å². The Morgan fingerprint density at radius 2 is 1.81 bits per heavy atom. The molecule has 1 N–H and O–H groups in total. The summed E-state index contributed by atoms with van der Waals surface area (Å²) < 4.78 is 5.78. The van der Waals surface area contributed by atoms with Crippen LogP contribution in [0.25, 0.3) is 22.6 Å². The van der Waals surface area contributed by atoms with Crippen molar-refractivity contribution in [2.24, 2.45) is 0 Å². The summed E-state index contributed by atoms with van der Waals surface area (Å²) in [7, 11) is 0. The topological polar surface area (TPSA) is 55.1 Å². The number of halogens is 2. The molecule has 0 unspecified atom stereocenters. The lowest BCUT2D eigenvalue weighted by atomic mass is 10.1. The van der Waals surface area contributed by atoms with Crippen molar-refractivity contribution >= 4 is 45.9 Å². The zero-order valence-electron chi connectivity index (χ0n) is 14.3. The van der Waals surface area contributed by atoms with Crippen LogP contribution in [0.2, 0.25) is 10.0 Å². The van der Waals surface area contributed by atoms with Gasteiger partial charge in [0.05, 0.1) is 21.3 Å². The third-order valence-electron chi connectivity index (χ3n) is 4.12. The fraction of sp³-hybridized carbons (Fsp3) is 0.0476. The standard InChI is InChI=1S/C21H14Cl2N2O2/c1-12-6-8-14(16(23)10-12)20(26)24-18-11-13(7-9-15(18)22)21-25-17-4-2-3-5-19(17)27-21/h2-11H,1H3,(H,24,26). The number of benzene rings is 3. The molecule has 4 rings (SSSR count). The van der Waals surface area contributed by atoms with Crippen LogP contribution in [0.5, 0.6) is 0 Å². The quantitative estimate of drug-likeness (QED) is 0.438. The molecule has 0 aliphatic rings. The van der Waals surface area contributed by atoms with E-state index in [0.29, 0.717) is 38.3 Å². The van der Waals surface area contributed by atoms with Gasteiger partial charge in [0.1, 0.15) is 5.52 Å². The number of hydrogen-bond donors (Lipinski definition) is 1. The Morgan fingerprint density at radius 3 is 2.59 bits per heavy atom. The number of aromatic nitrogens is 1. The maximum Gasteiger partial charge on any atom is 0.257 e. The SMILES string of the molecule is Cc1ccc(C(=O)Nc2cc(-c3nc4ccccc4o3)ccc2Cl)c(Cl)c1. The van der Waals surface area contributed by atoms with E-state index in [9.17, 15) is 4.79 Å². The van der Waals surface area contributed by atoms with Crippen LogP contribution < -0.4 is 5.32 Å². The smallest absolute Gasteiger partial charge is 0.257 e. The molecule has 6 heteroatoms. The van der Waals surface area contributed by atoms with E-state index in [0.717, 1.165) is 11.1 Å². The second-order valence-electron chi connectivity index (χ2n) is 6.12. The van der Waals surface area contributed by atoms with Crippen LogP contribution in [0.1, 0.15) is 15.9 Å². The lowest BCUT2D eigenvalue weighted by Gasteiger charge is -2.10. The lowest BCUT2D eigenvalue weighted by molar-refractivity contribution is 0.102. The van der Waals surface area contributed by atoms with Crippen LogP contribution in [-0.4, -0.2) is 10.9 Å². The molecule has 0 saturated heterocycles. The number of nitrogens with one attached hydrogen (secondary N) is 1. The molecule has 0 radical (unpaired) electrons. The Kier molecular flexibility index (Phi) is 4.60. The first-order valence-corrected chi connectivity index (χ1v) is 9.00. The minimum Gasteiger partial charge on any atom is -0.436 e. The summed E-state index contributed by atoms with van der Waals surface area (Å²) in [5, 5.41) is 3.60. The van der Waals surface area contributed by atoms with Crippen molar-refractivity contribution in [2.45, 2.75) is 6.92 Å². The van der Waals surface area contributed by atoms with Gasteiger partial charge in [0, 0.05) is 5.56 Å². The molecule has 0 saturated carbocycles. The Bertz CT molecular complexity index is 1140. The molecule has 0 bridgehead atoms. The van der Waals surface area contributed by atoms with Crippen LogP contribution in [-0.2, 0) is 0 Å². The van der Waals surface area contributed by atoms with Gasteiger partial charge in [-0.1, -0.05) is 41.4 Å². The van der Waals surface area contributed by atoms with Gasteiger partial charge in [-0.3, -0.25) is 4.79 Å². The molecule has 0 spiro atoms. The highest BCUT2D eigenvalue weighted by molar-refractivity contribution is 6.36. The first-order valence-electron chi connectivity index (χ1n) is 8.24. The summed E-state index contributed by atoms with van der Waals surface area (Å²) in [6.45, 7) is 1.91. The Hall–Kier alpha value is -2.82. The van der Waals surface area contributed by atoms with Gasteiger partial charge in [-0.25, -0.2) is 4.98 Å². The highest BCUT2D eigenvalue weighted by atomic mass is 35.5. The number of rotatable bonds is 3. The van der Waals surface area contributed by atoms with Gasteiger partial charge < -0.3 is 9.73 Å². The lowest BCUT2D eigenvalue weighted by Crippen LogP contribution is -2.13. The number of hydrogen-bond acceptors (Lipinski definition) is 3. The maximum atomic E-state index is 12.6. The van der Waals surface area contributed by atoms with Crippen molar-refractivity contribution in [1.29, 1.82) is 0 Å². The number of carbonyl (C=O) groups is 1. The number of amides is 1. The van der Waals surface area contributed by atoms with Gasteiger partial charge >= 0.3 is 0 Å². The van der Waals surface area contributed by atoms with E-state index >= 15 is 0 Å². The number of para-hydroxylation sites is 2.